The maximum absolute atomic E-state index is 11.9. The minimum Gasteiger partial charge on any atom is -0.479 e. The van der Waals surface area contributed by atoms with Crippen LogP contribution in [0.1, 0.15) is 0 Å². The number of aliphatic hydroxyl groups excluding tert-OH is 4. The number of carboxylic acid groups (broad SMARTS) is 1. The number of benzene rings is 2. The van der Waals surface area contributed by atoms with Crippen molar-refractivity contribution >= 4 is 23.2 Å². The molecule has 3 aromatic rings. The Morgan fingerprint density at radius 3 is 2.10 bits per heavy atom. The van der Waals surface area contributed by atoms with Gasteiger partial charge in [0.1, 0.15) is 29.7 Å². The number of aliphatic carboxylic acids is 1. The van der Waals surface area contributed by atoms with Crippen molar-refractivity contribution in [3.05, 3.63) is 70.9 Å². The Morgan fingerprint density at radius 2 is 1.50 bits per heavy atom. The smallest absolute Gasteiger partial charge is 0.335 e. The second-order valence-corrected chi connectivity index (χ2v) is 6.23. The van der Waals surface area contributed by atoms with Crippen LogP contribution in [0.3, 0.4) is 0 Å². The summed E-state index contributed by atoms with van der Waals surface area (Å²) in [7, 11) is 0. The highest BCUT2D eigenvalue weighted by Crippen LogP contribution is 2.21. The Kier molecular flexibility index (Phi) is 7.96. The topological polar surface area (TPSA) is 166 Å². The van der Waals surface area contributed by atoms with Crippen LogP contribution >= 0.6 is 0 Å². The van der Waals surface area contributed by atoms with Crippen LogP contribution in [0.4, 0.5) is 0 Å². The first-order chi connectivity index (χ1) is 14.3. The summed E-state index contributed by atoms with van der Waals surface area (Å²) in [6.45, 7) is 0. The molecule has 3 rings (SSSR count). The van der Waals surface area contributed by atoms with Crippen molar-refractivity contribution in [1.82, 2.24) is 0 Å². The molecule has 4 atom stereocenters. The molecule has 9 heteroatoms. The maximum Gasteiger partial charge on any atom is 0.335 e. The molecular weight excluding hydrogens is 396 g/mol. The number of hydrogen-bond donors (Lipinski definition) is 5. The molecular formula is C21H20O9. The van der Waals surface area contributed by atoms with Gasteiger partial charge in [-0.2, -0.15) is 0 Å². The quantitative estimate of drug-likeness (QED) is 0.352. The number of fused-ring (bicyclic) bond motifs is 1. The van der Waals surface area contributed by atoms with Gasteiger partial charge in [-0.05, 0) is 12.1 Å². The Balaban J connectivity index is 0.000000224. The predicted octanol–water partition coefficient (Wildman–Crippen LogP) is 0.174. The lowest BCUT2D eigenvalue weighted by atomic mass is 10.0. The van der Waals surface area contributed by atoms with Gasteiger partial charge in [-0.1, -0.05) is 42.5 Å². The summed E-state index contributed by atoms with van der Waals surface area (Å²) in [6, 6.07) is 18.4. The molecule has 1 heterocycles. The SMILES string of the molecule is O=CC(O)C(O)C(O)C(O)C(=O)O.O=c1cc(-c2ccccc2)oc2ccccc12. The van der Waals surface area contributed by atoms with E-state index in [9.17, 15) is 14.4 Å². The molecule has 158 valence electrons. The molecule has 2 aromatic carbocycles. The lowest BCUT2D eigenvalue weighted by molar-refractivity contribution is -0.163. The fourth-order valence-electron chi connectivity index (χ4n) is 2.46. The highest BCUT2D eigenvalue weighted by atomic mass is 16.4. The molecule has 0 spiro atoms. The number of hydrogen-bond acceptors (Lipinski definition) is 8. The van der Waals surface area contributed by atoms with E-state index < -0.39 is 30.4 Å². The summed E-state index contributed by atoms with van der Waals surface area (Å²) in [5.74, 6) is -1.15. The van der Waals surface area contributed by atoms with Crippen molar-refractivity contribution in [2.24, 2.45) is 0 Å². The van der Waals surface area contributed by atoms with Crippen LogP contribution in [0, 0.1) is 0 Å². The molecule has 0 aliphatic heterocycles. The summed E-state index contributed by atoms with van der Waals surface area (Å²) in [4.78, 5) is 31.9. The van der Waals surface area contributed by atoms with Gasteiger partial charge in [0.25, 0.3) is 0 Å². The van der Waals surface area contributed by atoms with Gasteiger partial charge in [0, 0.05) is 11.6 Å². The zero-order chi connectivity index (χ0) is 22.3. The van der Waals surface area contributed by atoms with Gasteiger partial charge in [-0.15, -0.1) is 0 Å². The number of para-hydroxylation sites is 1. The van der Waals surface area contributed by atoms with E-state index in [4.69, 9.17) is 29.9 Å². The Labute approximate surface area is 170 Å². The van der Waals surface area contributed by atoms with Crippen LogP contribution in [0.25, 0.3) is 22.3 Å². The van der Waals surface area contributed by atoms with E-state index in [-0.39, 0.29) is 11.7 Å². The van der Waals surface area contributed by atoms with Gasteiger partial charge in [0.05, 0.1) is 5.39 Å². The molecule has 0 saturated heterocycles. The van der Waals surface area contributed by atoms with Gasteiger partial charge in [0.2, 0.25) is 0 Å². The van der Waals surface area contributed by atoms with Crippen LogP contribution in [0.15, 0.2) is 69.9 Å². The highest BCUT2D eigenvalue weighted by Gasteiger charge is 2.34. The molecule has 0 aliphatic rings. The number of carbonyl (C=O) groups excluding carboxylic acids is 1. The first-order valence-electron chi connectivity index (χ1n) is 8.75. The lowest BCUT2D eigenvalue weighted by Crippen LogP contribution is -2.48. The number of aliphatic hydroxyl groups is 4. The van der Waals surface area contributed by atoms with E-state index in [1.165, 1.54) is 6.07 Å². The van der Waals surface area contributed by atoms with Crippen LogP contribution in [-0.2, 0) is 9.59 Å². The normalized spacial score (nSPS) is 14.7. The molecule has 0 saturated carbocycles. The van der Waals surface area contributed by atoms with E-state index in [2.05, 4.69) is 0 Å². The first-order valence-corrected chi connectivity index (χ1v) is 8.75. The van der Waals surface area contributed by atoms with Crippen molar-refractivity contribution in [2.45, 2.75) is 24.4 Å². The maximum atomic E-state index is 11.9. The van der Waals surface area contributed by atoms with E-state index in [0.29, 0.717) is 16.7 Å². The van der Waals surface area contributed by atoms with Gasteiger partial charge >= 0.3 is 5.97 Å². The molecule has 1 aromatic heterocycles. The van der Waals surface area contributed by atoms with Gasteiger partial charge < -0.3 is 34.7 Å². The van der Waals surface area contributed by atoms with Crippen molar-refractivity contribution in [3.63, 3.8) is 0 Å². The summed E-state index contributed by atoms with van der Waals surface area (Å²) < 4.78 is 5.73. The third-order valence-electron chi connectivity index (χ3n) is 4.11. The first kappa shape index (κ1) is 22.9. The Morgan fingerprint density at radius 1 is 0.900 bits per heavy atom. The average molecular weight is 416 g/mol. The lowest BCUT2D eigenvalue weighted by Gasteiger charge is -2.21. The minimum absolute atomic E-state index is 0.00861. The molecule has 30 heavy (non-hydrogen) atoms. The van der Waals surface area contributed by atoms with Crippen molar-refractivity contribution in [3.8, 4) is 11.3 Å². The average Bonchev–Trinajstić information content (AvgIpc) is 2.78. The highest BCUT2D eigenvalue weighted by molar-refractivity contribution is 5.78. The van der Waals surface area contributed by atoms with Gasteiger partial charge in [-0.25, -0.2) is 4.79 Å². The van der Waals surface area contributed by atoms with Gasteiger partial charge in [0.15, 0.2) is 17.8 Å². The zero-order valence-electron chi connectivity index (χ0n) is 15.5. The standard InChI is InChI=1S/C15H10O2.C6H10O7/c16-13-10-15(11-6-2-1-3-7-11)17-14-9-5-4-8-12(13)14;7-1-2(8)3(9)4(10)5(11)6(12)13/h1-10H;1-5,8-11H,(H,12,13). The monoisotopic (exact) mass is 416 g/mol. The molecule has 0 amide bonds. The van der Waals surface area contributed by atoms with E-state index in [1.807, 2.05) is 48.5 Å². The molecule has 0 aliphatic carbocycles. The fraction of sp³-hybridized carbons (Fsp3) is 0.190. The van der Waals surface area contributed by atoms with Crippen LogP contribution in [0.5, 0.6) is 0 Å². The molecule has 0 bridgehead atoms. The minimum atomic E-state index is -2.25. The number of rotatable bonds is 6. The van der Waals surface area contributed by atoms with Crippen molar-refractivity contribution in [1.29, 1.82) is 0 Å². The number of aldehydes is 1. The Hall–Kier alpha value is -3.37. The predicted molar refractivity (Wildman–Crippen MR) is 106 cm³/mol. The van der Waals surface area contributed by atoms with E-state index >= 15 is 0 Å². The summed E-state index contributed by atoms with van der Waals surface area (Å²) in [5, 5.41) is 43.8. The third kappa shape index (κ3) is 5.58. The molecule has 9 nitrogen and oxygen atoms in total. The zero-order valence-corrected chi connectivity index (χ0v) is 15.5. The molecule has 0 radical (unpaired) electrons. The van der Waals surface area contributed by atoms with Crippen molar-refractivity contribution < 1.29 is 39.5 Å². The van der Waals surface area contributed by atoms with Crippen LogP contribution < -0.4 is 5.43 Å². The second kappa shape index (κ2) is 10.4. The van der Waals surface area contributed by atoms with Crippen LogP contribution in [0.2, 0.25) is 0 Å². The molecule has 0 fully saturated rings. The summed E-state index contributed by atoms with van der Waals surface area (Å²) in [5.41, 5.74) is 1.53. The third-order valence-corrected chi connectivity index (χ3v) is 4.11. The van der Waals surface area contributed by atoms with Gasteiger partial charge in [-0.3, -0.25) is 4.79 Å². The van der Waals surface area contributed by atoms with Crippen molar-refractivity contribution in [2.75, 3.05) is 0 Å². The second-order valence-electron chi connectivity index (χ2n) is 6.23. The summed E-state index contributed by atoms with van der Waals surface area (Å²) in [6.07, 6.45) is -8.39. The number of carboxylic acids is 1. The molecule has 4 unspecified atom stereocenters. The number of carbonyl (C=O) groups is 2. The summed E-state index contributed by atoms with van der Waals surface area (Å²) >= 11 is 0. The molecule has 5 N–H and O–H groups in total. The fourth-order valence-corrected chi connectivity index (χ4v) is 2.46. The van der Waals surface area contributed by atoms with Crippen LogP contribution in [-0.4, -0.2) is 62.2 Å². The Bertz CT molecular complexity index is 1050. The van der Waals surface area contributed by atoms with E-state index in [1.54, 1.807) is 6.07 Å². The largest absolute Gasteiger partial charge is 0.479 e. The van der Waals surface area contributed by atoms with E-state index in [0.717, 1.165) is 5.56 Å².